The molecular formula is C25H35F3. The maximum absolute atomic E-state index is 12.6. The van der Waals surface area contributed by atoms with E-state index in [4.69, 9.17) is 0 Å². The average molecular weight is 393 g/mol. The molecule has 28 heavy (non-hydrogen) atoms. The van der Waals surface area contributed by atoms with Crippen molar-refractivity contribution in [3.05, 3.63) is 70.3 Å². The van der Waals surface area contributed by atoms with Gasteiger partial charge in [0.25, 0.3) is 0 Å². The fourth-order valence-electron chi connectivity index (χ4n) is 3.34. The molecule has 0 unspecified atom stereocenters. The largest absolute Gasteiger partial charge is 0.416 e. The van der Waals surface area contributed by atoms with Crippen LogP contribution in [0.1, 0.15) is 107 Å². The fraction of sp³-hybridized carbons (Fsp3) is 0.520. The van der Waals surface area contributed by atoms with Gasteiger partial charge in [0, 0.05) is 0 Å². The number of hydrogen-bond donors (Lipinski definition) is 0. The Labute approximate surface area is 169 Å². The van der Waals surface area contributed by atoms with E-state index in [1.54, 1.807) is 6.07 Å². The second kappa shape index (κ2) is 10.1. The summed E-state index contributed by atoms with van der Waals surface area (Å²) in [5, 5.41) is 0. The van der Waals surface area contributed by atoms with Gasteiger partial charge in [0.05, 0.1) is 5.56 Å². The van der Waals surface area contributed by atoms with Crippen molar-refractivity contribution in [3.8, 4) is 0 Å². The Morgan fingerprint density at radius 3 is 1.21 bits per heavy atom. The first kappa shape index (κ1) is 24.3. The summed E-state index contributed by atoms with van der Waals surface area (Å²) in [7, 11) is 0. The molecule has 2 rings (SSSR count). The summed E-state index contributed by atoms with van der Waals surface area (Å²) >= 11 is 0. The lowest BCUT2D eigenvalue weighted by Crippen LogP contribution is -2.08. The minimum Gasteiger partial charge on any atom is -0.166 e. The molecule has 156 valence electrons. The van der Waals surface area contributed by atoms with Gasteiger partial charge in [-0.25, -0.2) is 0 Å². The van der Waals surface area contributed by atoms with Crippen molar-refractivity contribution in [2.45, 2.75) is 85.2 Å². The second-order valence-electron chi connectivity index (χ2n) is 8.59. The lowest BCUT2D eigenvalue weighted by molar-refractivity contribution is -0.137. The van der Waals surface area contributed by atoms with Crippen molar-refractivity contribution >= 4 is 0 Å². The van der Waals surface area contributed by atoms with Crippen LogP contribution >= 0.6 is 0 Å². The molecule has 3 heteroatoms. The topological polar surface area (TPSA) is 0 Å². The molecule has 0 bridgehead atoms. The molecule has 0 saturated heterocycles. The number of benzene rings is 2. The highest BCUT2D eigenvalue weighted by Gasteiger charge is 2.31. The first-order chi connectivity index (χ1) is 12.9. The third-order valence-electron chi connectivity index (χ3n) is 4.90. The lowest BCUT2D eigenvalue weighted by Gasteiger charge is -2.18. The van der Waals surface area contributed by atoms with Gasteiger partial charge in [-0.05, 0) is 58.1 Å². The lowest BCUT2D eigenvalue weighted by atomic mass is 9.89. The van der Waals surface area contributed by atoms with E-state index in [9.17, 15) is 13.2 Å². The molecule has 0 saturated carbocycles. The molecule has 0 radical (unpaired) electrons. The highest BCUT2D eigenvalue weighted by atomic mass is 19.4. The van der Waals surface area contributed by atoms with E-state index < -0.39 is 11.7 Å². The molecule has 0 aliphatic rings. The van der Waals surface area contributed by atoms with Crippen molar-refractivity contribution in [2.24, 2.45) is 0 Å². The quantitative estimate of drug-likeness (QED) is 0.487. The van der Waals surface area contributed by atoms with Gasteiger partial charge in [0.1, 0.15) is 0 Å². The molecular weight excluding hydrogens is 357 g/mol. The van der Waals surface area contributed by atoms with Crippen molar-refractivity contribution in [3.63, 3.8) is 0 Å². The standard InChI is InChI=1S/C13H17F3.C12H18/c1-8(2)11-6-5-10(13(14,15)16)7-12(11)9(3)4;1-9(2)11-7-5-6-8-12(11)10(3)4/h5-9H,1-4H3;5-10H,1-4H3. The Bertz CT molecular complexity index is 711. The summed E-state index contributed by atoms with van der Waals surface area (Å²) in [6.07, 6.45) is -4.25. The molecule has 0 spiro atoms. The Hall–Kier alpha value is -1.77. The molecule has 0 fully saturated rings. The van der Waals surface area contributed by atoms with Crippen LogP contribution in [0.25, 0.3) is 0 Å². The van der Waals surface area contributed by atoms with Crippen LogP contribution in [0.15, 0.2) is 42.5 Å². The van der Waals surface area contributed by atoms with Crippen LogP contribution in [0.2, 0.25) is 0 Å². The van der Waals surface area contributed by atoms with E-state index in [1.165, 1.54) is 23.3 Å². The highest BCUT2D eigenvalue weighted by Crippen LogP contribution is 2.34. The monoisotopic (exact) mass is 392 g/mol. The predicted molar refractivity (Wildman–Crippen MR) is 114 cm³/mol. The van der Waals surface area contributed by atoms with Crippen molar-refractivity contribution in [2.75, 3.05) is 0 Å². The molecule has 0 aromatic heterocycles. The minimum atomic E-state index is -4.25. The van der Waals surface area contributed by atoms with Crippen LogP contribution in [0.5, 0.6) is 0 Å². The Kier molecular flexibility index (Phi) is 8.78. The molecule has 0 N–H and O–H groups in total. The molecule has 0 heterocycles. The molecule has 0 atom stereocenters. The van der Waals surface area contributed by atoms with Gasteiger partial charge in [0.15, 0.2) is 0 Å². The van der Waals surface area contributed by atoms with E-state index in [0.29, 0.717) is 11.8 Å². The summed E-state index contributed by atoms with van der Waals surface area (Å²) in [5.41, 5.74) is 4.23. The zero-order chi connectivity index (χ0) is 21.6. The maximum atomic E-state index is 12.6. The van der Waals surface area contributed by atoms with Crippen molar-refractivity contribution < 1.29 is 13.2 Å². The summed E-state index contributed by atoms with van der Waals surface area (Å²) in [6.45, 7) is 16.8. The van der Waals surface area contributed by atoms with Crippen molar-refractivity contribution in [1.29, 1.82) is 0 Å². The van der Waals surface area contributed by atoms with E-state index in [1.807, 2.05) is 27.7 Å². The molecule has 0 aliphatic heterocycles. The van der Waals surface area contributed by atoms with Crippen LogP contribution < -0.4 is 0 Å². The summed E-state index contributed by atoms with van der Waals surface area (Å²) in [6, 6.07) is 12.8. The van der Waals surface area contributed by atoms with Crippen LogP contribution in [0.4, 0.5) is 13.2 Å². The van der Waals surface area contributed by atoms with E-state index in [-0.39, 0.29) is 11.8 Å². The summed E-state index contributed by atoms with van der Waals surface area (Å²) in [5.74, 6) is 1.64. The van der Waals surface area contributed by atoms with Crippen molar-refractivity contribution in [1.82, 2.24) is 0 Å². The van der Waals surface area contributed by atoms with Gasteiger partial charge in [-0.2, -0.15) is 13.2 Å². The van der Waals surface area contributed by atoms with Gasteiger partial charge in [0.2, 0.25) is 0 Å². The fourth-order valence-corrected chi connectivity index (χ4v) is 3.34. The molecule has 2 aromatic carbocycles. The van der Waals surface area contributed by atoms with E-state index >= 15 is 0 Å². The van der Waals surface area contributed by atoms with Crippen LogP contribution in [-0.2, 0) is 6.18 Å². The predicted octanol–water partition coefficient (Wildman–Crippen LogP) is 8.89. The van der Waals surface area contributed by atoms with Gasteiger partial charge >= 0.3 is 6.18 Å². The normalized spacial score (nSPS) is 12.0. The van der Waals surface area contributed by atoms with Crippen LogP contribution in [-0.4, -0.2) is 0 Å². The number of halogens is 3. The van der Waals surface area contributed by atoms with Crippen LogP contribution in [0.3, 0.4) is 0 Å². The number of hydrogen-bond acceptors (Lipinski definition) is 0. The molecule has 2 aromatic rings. The van der Waals surface area contributed by atoms with Crippen LogP contribution in [0, 0.1) is 0 Å². The van der Waals surface area contributed by atoms with Gasteiger partial charge < -0.3 is 0 Å². The Morgan fingerprint density at radius 1 is 0.536 bits per heavy atom. The average Bonchev–Trinajstić information content (AvgIpc) is 2.60. The Morgan fingerprint density at radius 2 is 0.893 bits per heavy atom. The summed E-state index contributed by atoms with van der Waals surface area (Å²) < 4.78 is 37.7. The zero-order valence-corrected chi connectivity index (χ0v) is 18.5. The SMILES string of the molecule is CC(C)c1ccc(C(F)(F)F)cc1C(C)C.CC(C)c1ccccc1C(C)C. The smallest absolute Gasteiger partial charge is 0.166 e. The van der Waals surface area contributed by atoms with E-state index in [2.05, 4.69) is 52.0 Å². The van der Waals surface area contributed by atoms with Gasteiger partial charge in [-0.15, -0.1) is 0 Å². The zero-order valence-electron chi connectivity index (χ0n) is 18.5. The van der Waals surface area contributed by atoms with Gasteiger partial charge in [-0.1, -0.05) is 85.7 Å². The first-order valence-corrected chi connectivity index (χ1v) is 10.2. The minimum absolute atomic E-state index is 0.111. The third kappa shape index (κ3) is 6.68. The Balaban J connectivity index is 0.000000292. The first-order valence-electron chi connectivity index (χ1n) is 10.2. The van der Waals surface area contributed by atoms with E-state index in [0.717, 1.165) is 11.1 Å². The maximum Gasteiger partial charge on any atom is 0.416 e. The molecule has 0 aliphatic carbocycles. The molecule has 0 amide bonds. The summed E-state index contributed by atoms with van der Waals surface area (Å²) in [4.78, 5) is 0. The molecule has 0 nitrogen and oxygen atoms in total. The highest BCUT2D eigenvalue weighted by molar-refractivity contribution is 5.37. The number of rotatable bonds is 4. The number of alkyl halides is 3. The second-order valence-corrected chi connectivity index (χ2v) is 8.59. The van der Waals surface area contributed by atoms with Gasteiger partial charge in [-0.3, -0.25) is 0 Å². The third-order valence-corrected chi connectivity index (χ3v) is 4.90.